The molecule has 0 amide bonds. The highest BCUT2D eigenvalue weighted by Crippen LogP contribution is 2.35. The molecule has 0 saturated carbocycles. The molecule has 0 radical (unpaired) electrons. The highest BCUT2D eigenvalue weighted by atomic mass is 16.7. The molecule has 3 heterocycles. The van der Waals surface area contributed by atoms with Gasteiger partial charge < -0.3 is 25.1 Å². The number of amidine groups is 1. The quantitative estimate of drug-likeness (QED) is 0.556. The van der Waals surface area contributed by atoms with Crippen molar-refractivity contribution in [2.45, 2.75) is 31.5 Å². The summed E-state index contributed by atoms with van der Waals surface area (Å²) < 4.78 is 16.4. The van der Waals surface area contributed by atoms with Gasteiger partial charge in [0.2, 0.25) is 5.96 Å². The number of rotatable bonds is 2. The van der Waals surface area contributed by atoms with Crippen LogP contribution in [0.5, 0.6) is 0 Å². The van der Waals surface area contributed by atoms with Gasteiger partial charge >= 0.3 is 5.97 Å². The Hall–Kier alpha value is -1.87. The van der Waals surface area contributed by atoms with Crippen molar-refractivity contribution in [3.63, 3.8) is 0 Å². The summed E-state index contributed by atoms with van der Waals surface area (Å²) in [6, 6.07) is 0.302. The van der Waals surface area contributed by atoms with Crippen LogP contribution in [0.2, 0.25) is 0 Å². The zero-order valence-corrected chi connectivity index (χ0v) is 10.2. The minimum atomic E-state index is -0.679. The molecule has 4 unspecified atom stereocenters. The van der Waals surface area contributed by atoms with Crippen LogP contribution in [0.3, 0.4) is 0 Å². The van der Waals surface area contributed by atoms with Crippen molar-refractivity contribution in [3.05, 3.63) is 0 Å². The lowest BCUT2D eigenvalue weighted by Gasteiger charge is -2.23. The van der Waals surface area contributed by atoms with Gasteiger partial charge in [0.05, 0.1) is 6.61 Å². The van der Waals surface area contributed by atoms with E-state index in [9.17, 15) is 9.90 Å². The minimum Gasteiger partial charge on any atom is -0.456 e. The maximum Gasteiger partial charge on any atom is 0.303 e. The number of carbonyl (C=O) groups excluding carboxylic acids is 1. The summed E-state index contributed by atoms with van der Waals surface area (Å²) in [5.41, 5.74) is 5.50. The summed E-state index contributed by atoms with van der Waals surface area (Å²) in [5, 5.41) is 9.27. The second-order valence-electron chi connectivity index (χ2n) is 4.43. The van der Waals surface area contributed by atoms with Crippen LogP contribution >= 0.6 is 0 Å². The van der Waals surface area contributed by atoms with Crippen LogP contribution in [-0.4, -0.2) is 65.8 Å². The van der Waals surface area contributed by atoms with Gasteiger partial charge in [-0.05, 0) is 0 Å². The maximum atomic E-state index is 11.1. The number of aliphatic imine (C=N–C) groups is 2. The molecule has 3 rings (SSSR count). The van der Waals surface area contributed by atoms with Gasteiger partial charge in [-0.15, -0.1) is 0 Å². The molecule has 2 fully saturated rings. The topological polar surface area (TPSA) is 119 Å². The molecule has 4 atom stereocenters. The van der Waals surface area contributed by atoms with E-state index < -0.39 is 30.5 Å². The van der Waals surface area contributed by atoms with E-state index in [4.69, 9.17) is 19.9 Å². The van der Waals surface area contributed by atoms with Crippen LogP contribution in [0.4, 0.5) is 0 Å². The number of esters is 1. The molecular formula is C10H14N4O5. The number of hydrogen-bond donors (Lipinski definition) is 2. The van der Waals surface area contributed by atoms with Gasteiger partial charge in [-0.25, -0.2) is 4.99 Å². The number of nitrogens with two attached hydrogens (primary N) is 1. The van der Waals surface area contributed by atoms with E-state index in [1.807, 2.05) is 0 Å². The normalized spacial score (nSPS) is 36.0. The summed E-state index contributed by atoms with van der Waals surface area (Å²) in [6.07, 6.45) is -2.33. The van der Waals surface area contributed by atoms with Crippen LogP contribution in [0.1, 0.15) is 6.92 Å². The average Bonchev–Trinajstić information content (AvgIpc) is 2.85. The van der Waals surface area contributed by atoms with Crippen molar-refractivity contribution >= 4 is 18.0 Å². The van der Waals surface area contributed by atoms with Crippen molar-refractivity contribution in [2.24, 2.45) is 15.7 Å². The van der Waals surface area contributed by atoms with E-state index in [0.717, 1.165) is 0 Å². The molecule has 0 aliphatic carbocycles. The molecule has 0 aromatic rings. The van der Waals surface area contributed by atoms with E-state index in [1.54, 1.807) is 4.90 Å². The van der Waals surface area contributed by atoms with Gasteiger partial charge in [-0.3, -0.25) is 9.69 Å². The molecule has 0 spiro atoms. The van der Waals surface area contributed by atoms with Crippen molar-refractivity contribution in [1.82, 2.24) is 4.90 Å². The number of aliphatic hydroxyl groups is 1. The molecule has 3 aliphatic rings. The molecule has 3 N–H and O–H groups in total. The first-order valence-electron chi connectivity index (χ1n) is 5.85. The Morgan fingerprint density at radius 3 is 3.16 bits per heavy atom. The van der Waals surface area contributed by atoms with E-state index >= 15 is 0 Å². The van der Waals surface area contributed by atoms with Crippen molar-refractivity contribution in [3.8, 4) is 0 Å². The number of guanidine groups is 1. The smallest absolute Gasteiger partial charge is 0.303 e. The number of carbonyl (C=O) groups is 1. The fourth-order valence-electron chi connectivity index (χ4n) is 2.38. The predicted molar refractivity (Wildman–Crippen MR) is 61.9 cm³/mol. The maximum absolute atomic E-state index is 11.1. The number of aliphatic hydroxyl groups excluding tert-OH is 1. The largest absolute Gasteiger partial charge is 0.456 e. The SMILES string of the molecule is CC(=O)OC1C(CO)OC2C1OC1=NC(N)=NCN12. The van der Waals surface area contributed by atoms with Gasteiger partial charge in [-0.1, -0.05) is 0 Å². The van der Waals surface area contributed by atoms with E-state index in [0.29, 0.717) is 6.02 Å². The molecule has 9 nitrogen and oxygen atoms in total. The molecule has 104 valence electrons. The summed E-state index contributed by atoms with van der Waals surface area (Å²) >= 11 is 0. The van der Waals surface area contributed by atoms with Crippen molar-refractivity contribution in [1.29, 1.82) is 0 Å². The zero-order chi connectivity index (χ0) is 13.6. The summed E-state index contributed by atoms with van der Waals surface area (Å²) in [7, 11) is 0. The minimum absolute atomic E-state index is 0.133. The molecular weight excluding hydrogens is 256 g/mol. The zero-order valence-electron chi connectivity index (χ0n) is 10.2. The molecule has 3 aliphatic heterocycles. The molecule has 0 aromatic heterocycles. The van der Waals surface area contributed by atoms with E-state index in [-0.39, 0.29) is 19.2 Å². The fraction of sp³-hybridized carbons (Fsp3) is 0.700. The third-order valence-corrected chi connectivity index (χ3v) is 3.16. The number of hydrogen-bond acceptors (Lipinski definition) is 9. The fourth-order valence-corrected chi connectivity index (χ4v) is 2.38. The lowest BCUT2D eigenvalue weighted by atomic mass is 10.1. The van der Waals surface area contributed by atoms with Crippen LogP contribution < -0.4 is 5.73 Å². The number of ether oxygens (including phenoxy) is 3. The molecule has 0 aromatic carbocycles. The Bertz CT molecular complexity index is 465. The third-order valence-electron chi connectivity index (χ3n) is 3.16. The van der Waals surface area contributed by atoms with Gasteiger partial charge in [0.25, 0.3) is 6.02 Å². The Kier molecular flexibility index (Phi) is 2.79. The predicted octanol–water partition coefficient (Wildman–Crippen LogP) is -2.02. The summed E-state index contributed by atoms with van der Waals surface area (Å²) in [4.78, 5) is 20.7. The monoisotopic (exact) mass is 270 g/mol. The van der Waals surface area contributed by atoms with Crippen LogP contribution in [0.25, 0.3) is 0 Å². The lowest BCUT2D eigenvalue weighted by Crippen LogP contribution is -2.40. The molecule has 9 heteroatoms. The Morgan fingerprint density at radius 1 is 1.68 bits per heavy atom. The second kappa shape index (κ2) is 4.35. The lowest BCUT2D eigenvalue weighted by molar-refractivity contribution is -0.153. The number of fused-ring (bicyclic) bond motifs is 3. The highest BCUT2D eigenvalue weighted by molar-refractivity contribution is 5.94. The first-order valence-corrected chi connectivity index (χ1v) is 5.85. The van der Waals surface area contributed by atoms with Gasteiger partial charge in [0.1, 0.15) is 12.8 Å². The van der Waals surface area contributed by atoms with Crippen molar-refractivity contribution < 1.29 is 24.1 Å². The molecule has 2 saturated heterocycles. The van der Waals surface area contributed by atoms with Gasteiger partial charge in [0, 0.05) is 6.92 Å². The van der Waals surface area contributed by atoms with Gasteiger partial charge in [-0.2, -0.15) is 4.99 Å². The molecule has 0 bridgehead atoms. The average molecular weight is 270 g/mol. The first kappa shape index (κ1) is 12.2. The van der Waals surface area contributed by atoms with Crippen LogP contribution in [0, 0.1) is 0 Å². The van der Waals surface area contributed by atoms with Crippen molar-refractivity contribution in [2.75, 3.05) is 13.3 Å². The Balaban J connectivity index is 1.82. The third kappa shape index (κ3) is 1.90. The number of nitrogens with zero attached hydrogens (tertiary/aromatic N) is 3. The van der Waals surface area contributed by atoms with Crippen LogP contribution in [-0.2, 0) is 19.0 Å². The molecule has 19 heavy (non-hydrogen) atoms. The van der Waals surface area contributed by atoms with E-state index in [2.05, 4.69) is 9.98 Å². The highest BCUT2D eigenvalue weighted by Gasteiger charge is 2.56. The van der Waals surface area contributed by atoms with E-state index in [1.165, 1.54) is 6.92 Å². The first-order chi connectivity index (χ1) is 9.10. The second-order valence-corrected chi connectivity index (χ2v) is 4.43. The Morgan fingerprint density at radius 2 is 2.47 bits per heavy atom. The summed E-state index contributed by atoms with van der Waals surface area (Å²) in [5.74, 6) is -0.326. The summed E-state index contributed by atoms with van der Waals surface area (Å²) in [6.45, 7) is 1.29. The van der Waals surface area contributed by atoms with Gasteiger partial charge in [0.15, 0.2) is 18.4 Å². The Labute approximate surface area is 108 Å². The van der Waals surface area contributed by atoms with Crippen LogP contribution in [0.15, 0.2) is 9.98 Å². The standard InChI is InChI=1S/C10H14N4O5/c1-4(16)17-6-5(2-15)18-8-7(6)19-10-13-9(11)12-3-14(8)10/h5-8,15H,2-3H2,1H3,(H2,11,12).